The van der Waals surface area contributed by atoms with Gasteiger partial charge in [-0.3, -0.25) is 9.69 Å². The minimum absolute atomic E-state index is 0.0316. The molecular formula is C22H16Cl2N2O. The third-order valence-corrected chi connectivity index (χ3v) is 5.37. The van der Waals surface area contributed by atoms with E-state index in [1.165, 1.54) is 0 Å². The van der Waals surface area contributed by atoms with E-state index >= 15 is 0 Å². The highest BCUT2D eigenvalue weighted by atomic mass is 35.5. The van der Waals surface area contributed by atoms with E-state index in [-0.39, 0.29) is 11.8 Å². The molecule has 0 spiro atoms. The molecule has 1 amide bonds. The number of carbonyl (C=O) groups excluding carboxylic acids is 1. The van der Waals surface area contributed by atoms with Gasteiger partial charge in [-0.1, -0.05) is 53.4 Å². The molecule has 1 aliphatic heterocycles. The molecule has 5 heteroatoms. The number of para-hydroxylation sites is 2. The lowest BCUT2D eigenvalue weighted by atomic mass is 9.94. The minimum Gasteiger partial charge on any atom is -0.343 e. The first-order valence-corrected chi connectivity index (χ1v) is 9.30. The maximum atomic E-state index is 13.4. The molecule has 3 aromatic rings. The molecule has 1 aromatic heterocycles. The number of carbonyl (C=O) groups is 1. The van der Waals surface area contributed by atoms with Crippen LogP contribution >= 0.6 is 23.2 Å². The number of hydrogen-bond donors (Lipinski definition) is 0. The minimum atomic E-state index is -0.296. The van der Waals surface area contributed by atoms with Gasteiger partial charge in [0.25, 0.3) is 0 Å². The molecule has 1 atom stereocenters. The molecular weight excluding hydrogens is 379 g/mol. The van der Waals surface area contributed by atoms with Gasteiger partial charge in [0.15, 0.2) is 0 Å². The zero-order valence-electron chi connectivity index (χ0n) is 14.4. The number of hydrogen-bond acceptors (Lipinski definition) is 1. The molecule has 4 rings (SSSR count). The predicted molar refractivity (Wildman–Crippen MR) is 110 cm³/mol. The number of anilines is 2. The highest BCUT2D eigenvalue weighted by molar-refractivity contribution is 6.40. The van der Waals surface area contributed by atoms with Gasteiger partial charge in [0.2, 0.25) is 5.91 Å². The Balaban J connectivity index is 1.75. The Morgan fingerprint density at radius 2 is 1.78 bits per heavy atom. The summed E-state index contributed by atoms with van der Waals surface area (Å²) in [5.74, 6) is 2.29. The third kappa shape index (κ3) is 3.12. The lowest BCUT2D eigenvalue weighted by Gasteiger charge is -2.21. The molecule has 0 radical (unpaired) electrons. The number of benzene rings is 2. The molecule has 0 fully saturated rings. The van der Waals surface area contributed by atoms with E-state index < -0.39 is 0 Å². The molecule has 2 aromatic carbocycles. The maximum absolute atomic E-state index is 13.4. The lowest BCUT2D eigenvalue weighted by Crippen LogP contribution is -2.25. The van der Waals surface area contributed by atoms with Gasteiger partial charge in [-0.2, -0.15) is 0 Å². The second kappa shape index (κ2) is 7.15. The van der Waals surface area contributed by atoms with Crippen molar-refractivity contribution >= 4 is 40.5 Å². The first kappa shape index (κ1) is 17.7. The fourth-order valence-electron chi connectivity index (χ4n) is 3.57. The van der Waals surface area contributed by atoms with Crippen LogP contribution in [-0.2, 0) is 17.8 Å². The Labute approximate surface area is 168 Å². The van der Waals surface area contributed by atoms with E-state index in [4.69, 9.17) is 29.6 Å². The van der Waals surface area contributed by atoms with Gasteiger partial charge in [0.1, 0.15) is 0 Å². The van der Waals surface area contributed by atoms with Crippen LogP contribution < -0.4 is 4.90 Å². The Hall–Kier alpha value is -2.67. The summed E-state index contributed by atoms with van der Waals surface area (Å²) < 4.78 is 1.93. The molecule has 0 aliphatic carbocycles. The Kier molecular flexibility index (Phi) is 4.70. The van der Waals surface area contributed by atoms with Crippen LogP contribution in [0.25, 0.3) is 0 Å². The molecule has 0 saturated heterocycles. The molecule has 0 bridgehead atoms. The highest BCUT2D eigenvalue weighted by Crippen LogP contribution is 2.47. The monoisotopic (exact) mass is 394 g/mol. The largest absolute Gasteiger partial charge is 0.343 e. The van der Waals surface area contributed by atoms with Gasteiger partial charge in [-0.05, 0) is 41.8 Å². The normalized spacial score (nSPS) is 15.7. The van der Waals surface area contributed by atoms with Crippen LogP contribution in [0.3, 0.4) is 0 Å². The van der Waals surface area contributed by atoms with E-state index in [1.807, 2.05) is 47.3 Å². The summed E-state index contributed by atoms with van der Waals surface area (Å²) >= 11 is 12.8. The lowest BCUT2D eigenvalue weighted by molar-refractivity contribution is -0.118. The zero-order chi connectivity index (χ0) is 19.0. The molecule has 2 heterocycles. The third-order valence-electron chi connectivity index (χ3n) is 4.76. The van der Waals surface area contributed by atoms with Crippen LogP contribution in [0.2, 0.25) is 10.0 Å². The molecule has 1 aliphatic rings. The number of rotatable bonds is 4. The van der Waals surface area contributed by atoms with Gasteiger partial charge in [0, 0.05) is 12.4 Å². The van der Waals surface area contributed by atoms with Crippen molar-refractivity contribution in [2.75, 3.05) is 4.90 Å². The van der Waals surface area contributed by atoms with Crippen LogP contribution in [0.15, 0.2) is 60.9 Å². The topological polar surface area (TPSA) is 25.2 Å². The average Bonchev–Trinajstić information content (AvgIpc) is 3.20. The summed E-state index contributed by atoms with van der Waals surface area (Å²) in [6.07, 6.45) is 9.88. The molecule has 1 unspecified atom stereocenters. The quantitative estimate of drug-likeness (QED) is 0.541. The fraction of sp³-hybridized carbons (Fsp3) is 0.136. The van der Waals surface area contributed by atoms with Crippen molar-refractivity contribution in [3.63, 3.8) is 0 Å². The van der Waals surface area contributed by atoms with Crippen molar-refractivity contribution in [2.24, 2.45) is 0 Å². The fourth-order valence-corrected chi connectivity index (χ4v) is 4.14. The summed E-state index contributed by atoms with van der Waals surface area (Å²) in [7, 11) is 0. The van der Waals surface area contributed by atoms with Crippen LogP contribution in [0.1, 0.15) is 17.0 Å². The maximum Gasteiger partial charge on any atom is 0.239 e. The van der Waals surface area contributed by atoms with Gasteiger partial charge < -0.3 is 4.57 Å². The standard InChI is InChI=1S/C22H16Cl2N2O/c1-2-11-25-12-10-15(14-25)13-17-16-6-3-4-9-20(16)26(22(17)27)21-18(23)7-5-8-19(21)24/h1,3-10,12,14,17H,11,13H2. The number of nitrogens with zero attached hydrogens (tertiary/aromatic N) is 2. The SMILES string of the molecule is C#CCn1ccc(CC2C(=O)N(c3c(Cl)cccc3Cl)c3ccccc32)c1. The highest BCUT2D eigenvalue weighted by Gasteiger charge is 2.39. The number of halogens is 2. The van der Waals surface area contributed by atoms with Crippen LogP contribution in [-0.4, -0.2) is 10.5 Å². The summed E-state index contributed by atoms with van der Waals surface area (Å²) in [5, 5.41) is 0.901. The Morgan fingerprint density at radius 3 is 2.52 bits per heavy atom. The molecule has 134 valence electrons. The van der Waals surface area contributed by atoms with E-state index in [9.17, 15) is 4.79 Å². The van der Waals surface area contributed by atoms with E-state index in [0.29, 0.717) is 28.7 Å². The van der Waals surface area contributed by atoms with E-state index in [2.05, 4.69) is 5.92 Å². The van der Waals surface area contributed by atoms with Crippen LogP contribution in [0.5, 0.6) is 0 Å². The predicted octanol–water partition coefficient (Wildman–Crippen LogP) is 5.43. The number of terminal acetylenes is 1. The molecule has 27 heavy (non-hydrogen) atoms. The Bertz CT molecular complexity index is 1040. The van der Waals surface area contributed by atoms with Crippen LogP contribution in [0, 0.1) is 12.3 Å². The van der Waals surface area contributed by atoms with Gasteiger partial charge in [-0.15, -0.1) is 6.42 Å². The summed E-state index contributed by atoms with van der Waals surface area (Å²) in [6.45, 7) is 0.510. The van der Waals surface area contributed by atoms with Crippen molar-refractivity contribution in [3.8, 4) is 12.3 Å². The summed E-state index contributed by atoms with van der Waals surface area (Å²) in [6, 6.07) is 15.0. The van der Waals surface area contributed by atoms with Crippen molar-refractivity contribution in [3.05, 3.63) is 82.1 Å². The van der Waals surface area contributed by atoms with Gasteiger partial charge in [0.05, 0.1) is 33.9 Å². The smallest absolute Gasteiger partial charge is 0.239 e. The van der Waals surface area contributed by atoms with Crippen LogP contribution in [0.4, 0.5) is 11.4 Å². The second-order valence-electron chi connectivity index (χ2n) is 6.46. The van der Waals surface area contributed by atoms with Crippen molar-refractivity contribution in [1.82, 2.24) is 4.57 Å². The first-order valence-electron chi connectivity index (χ1n) is 8.55. The summed E-state index contributed by atoms with van der Waals surface area (Å²) in [5.41, 5.74) is 3.39. The molecule has 0 N–H and O–H groups in total. The first-order chi connectivity index (χ1) is 13.1. The Morgan fingerprint density at radius 1 is 1.04 bits per heavy atom. The van der Waals surface area contributed by atoms with Crippen molar-refractivity contribution < 1.29 is 4.79 Å². The molecule has 0 saturated carbocycles. The molecule has 3 nitrogen and oxygen atoms in total. The van der Waals surface area contributed by atoms with Gasteiger partial charge >= 0.3 is 0 Å². The zero-order valence-corrected chi connectivity index (χ0v) is 15.9. The van der Waals surface area contributed by atoms with E-state index in [1.54, 1.807) is 23.1 Å². The second-order valence-corrected chi connectivity index (χ2v) is 7.27. The van der Waals surface area contributed by atoms with E-state index in [0.717, 1.165) is 16.8 Å². The summed E-state index contributed by atoms with van der Waals surface area (Å²) in [4.78, 5) is 15.0. The van der Waals surface area contributed by atoms with Gasteiger partial charge in [-0.25, -0.2) is 0 Å². The average molecular weight is 395 g/mol. The number of fused-ring (bicyclic) bond motifs is 1. The van der Waals surface area contributed by atoms with Crippen molar-refractivity contribution in [2.45, 2.75) is 18.9 Å². The number of amides is 1. The number of aromatic nitrogens is 1. The van der Waals surface area contributed by atoms with Crippen molar-refractivity contribution in [1.29, 1.82) is 0 Å².